The van der Waals surface area contributed by atoms with Gasteiger partial charge in [-0.3, -0.25) is 0 Å². The molecule has 0 aromatic rings. The number of ether oxygens (including phenoxy) is 4. The molecule has 0 saturated carbocycles. The van der Waals surface area contributed by atoms with Gasteiger partial charge in [-0.15, -0.1) is 0 Å². The Morgan fingerprint density at radius 2 is 1.65 bits per heavy atom. The highest BCUT2D eigenvalue weighted by molar-refractivity contribution is 8.76. The molecule has 0 N–H and O–H groups in total. The first kappa shape index (κ1) is 15.6. The Bertz CT molecular complexity index is 166. The van der Waals surface area contributed by atoms with E-state index >= 15 is 0 Å². The Morgan fingerprint density at radius 1 is 0.941 bits per heavy atom. The van der Waals surface area contributed by atoms with Crippen molar-refractivity contribution in [2.75, 3.05) is 58.3 Å². The molecule has 1 aliphatic heterocycles. The van der Waals surface area contributed by atoms with Crippen molar-refractivity contribution in [1.82, 2.24) is 0 Å². The molecule has 1 atom stereocenters. The summed E-state index contributed by atoms with van der Waals surface area (Å²) in [6, 6.07) is 0. The van der Waals surface area contributed by atoms with Gasteiger partial charge < -0.3 is 18.9 Å². The van der Waals surface area contributed by atoms with E-state index in [-0.39, 0.29) is 0 Å². The first-order chi connectivity index (χ1) is 8.43. The molecular weight excluding hydrogens is 260 g/mol. The summed E-state index contributed by atoms with van der Waals surface area (Å²) in [6.45, 7) is 3.87. The lowest BCUT2D eigenvalue weighted by Gasteiger charge is -2.20. The van der Waals surface area contributed by atoms with Crippen LogP contribution in [0, 0.1) is 0 Å². The van der Waals surface area contributed by atoms with Crippen LogP contribution in [0.25, 0.3) is 0 Å². The SMILES string of the molecule is COCCOCCOCCO[C@H]1CCSSC1. The number of hydrogen-bond acceptors (Lipinski definition) is 6. The Labute approximate surface area is 111 Å². The van der Waals surface area contributed by atoms with Crippen LogP contribution in [0.2, 0.25) is 0 Å². The summed E-state index contributed by atoms with van der Waals surface area (Å²) in [5, 5.41) is 0. The molecule has 0 spiro atoms. The summed E-state index contributed by atoms with van der Waals surface area (Å²) in [5.74, 6) is 2.30. The van der Waals surface area contributed by atoms with Crippen LogP contribution >= 0.6 is 21.6 Å². The molecule has 1 aliphatic rings. The van der Waals surface area contributed by atoms with Crippen molar-refractivity contribution in [3.63, 3.8) is 0 Å². The van der Waals surface area contributed by atoms with Crippen LogP contribution in [-0.2, 0) is 18.9 Å². The lowest BCUT2D eigenvalue weighted by molar-refractivity contribution is -0.0114. The van der Waals surface area contributed by atoms with Gasteiger partial charge >= 0.3 is 0 Å². The molecule has 1 heterocycles. The molecule has 1 fully saturated rings. The zero-order chi connectivity index (χ0) is 12.2. The quantitative estimate of drug-likeness (QED) is 0.449. The average molecular weight is 282 g/mol. The highest BCUT2D eigenvalue weighted by atomic mass is 33.1. The van der Waals surface area contributed by atoms with Crippen molar-refractivity contribution in [3.05, 3.63) is 0 Å². The zero-order valence-electron chi connectivity index (χ0n) is 10.4. The predicted molar refractivity (Wildman–Crippen MR) is 72.8 cm³/mol. The maximum absolute atomic E-state index is 5.71. The fraction of sp³-hybridized carbons (Fsp3) is 1.00. The molecule has 4 nitrogen and oxygen atoms in total. The minimum Gasteiger partial charge on any atom is -0.382 e. The Hall–Kier alpha value is 0.540. The van der Waals surface area contributed by atoms with Gasteiger partial charge in [0.2, 0.25) is 0 Å². The van der Waals surface area contributed by atoms with E-state index in [0.29, 0.717) is 45.7 Å². The minimum atomic E-state index is 0.419. The fourth-order valence-corrected chi connectivity index (χ4v) is 3.69. The van der Waals surface area contributed by atoms with Gasteiger partial charge in [0.15, 0.2) is 0 Å². The number of methoxy groups -OCH3 is 1. The van der Waals surface area contributed by atoms with E-state index in [1.54, 1.807) is 7.11 Å². The van der Waals surface area contributed by atoms with E-state index in [1.165, 1.54) is 5.75 Å². The minimum absolute atomic E-state index is 0.419. The zero-order valence-corrected chi connectivity index (χ0v) is 12.0. The van der Waals surface area contributed by atoms with Crippen LogP contribution in [0.15, 0.2) is 0 Å². The highest BCUT2D eigenvalue weighted by Crippen LogP contribution is 2.30. The second-order valence-corrected chi connectivity index (χ2v) is 6.23. The van der Waals surface area contributed by atoms with E-state index < -0.39 is 0 Å². The summed E-state index contributed by atoms with van der Waals surface area (Å²) in [6.07, 6.45) is 1.58. The second-order valence-electron chi connectivity index (χ2n) is 3.61. The van der Waals surface area contributed by atoms with Gasteiger partial charge in [0.05, 0.1) is 45.7 Å². The Morgan fingerprint density at radius 3 is 2.29 bits per heavy atom. The van der Waals surface area contributed by atoms with Crippen molar-refractivity contribution >= 4 is 21.6 Å². The first-order valence-electron chi connectivity index (χ1n) is 5.94. The van der Waals surface area contributed by atoms with Crippen LogP contribution in [0.5, 0.6) is 0 Å². The van der Waals surface area contributed by atoms with Gasteiger partial charge in [-0.25, -0.2) is 0 Å². The molecule has 0 bridgehead atoms. The van der Waals surface area contributed by atoms with Crippen LogP contribution < -0.4 is 0 Å². The molecule has 17 heavy (non-hydrogen) atoms. The van der Waals surface area contributed by atoms with Crippen LogP contribution in [-0.4, -0.2) is 64.4 Å². The van der Waals surface area contributed by atoms with Gasteiger partial charge in [0.1, 0.15) is 0 Å². The highest BCUT2D eigenvalue weighted by Gasteiger charge is 2.13. The van der Waals surface area contributed by atoms with E-state index in [1.807, 2.05) is 21.6 Å². The molecule has 0 aromatic carbocycles. The van der Waals surface area contributed by atoms with Crippen molar-refractivity contribution in [2.24, 2.45) is 0 Å². The van der Waals surface area contributed by atoms with Crippen molar-refractivity contribution in [3.8, 4) is 0 Å². The molecule has 0 aromatic heterocycles. The third-order valence-corrected chi connectivity index (χ3v) is 4.73. The summed E-state index contributed by atoms with van der Waals surface area (Å²) in [5.41, 5.74) is 0. The number of hydrogen-bond donors (Lipinski definition) is 0. The average Bonchev–Trinajstić information content (AvgIpc) is 2.38. The summed E-state index contributed by atoms with van der Waals surface area (Å²) < 4.78 is 21.2. The molecule has 1 saturated heterocycles. The standard InChI is InChI=1S/C11H22O4S2/c1-12-3-4-13-5-6-14-7-8-15-11-2-9-16-17-10-11/h11H,2-10H2,1H3/t11-/m0/s1. The summed E-state index contributed by atoms with van der Waals surface area (Å²) in [7, 11) is 5.50. The van der Waals surface area contributed by atoms with Gasteiger partial charge in [-0.05, 0) is 6.42 Å². The lowest BCUT2D eigenvalue weighted by Crippen LogP contribution is -2.22. The molecule has 102 valence electrons. The Kier molecular flexibility index (Phi) is 10.7. The molecule has 0 radical (unpaired) electrons. The van der Waals surface area contributed by atoms with E-state index in [9.17, 15) is 0 Å². The second kappa shape index (κ2) is 11.6. The van der Waals surface area contributed by atoms with Crippen LogP contribution in [0.4, 0.5) is 0 Å². The monoisotopic (exact) mass is 282 g/mol. The molecule has 0 aliphatic carbocycles. The molecule has 0 amide bonds. The predicted octanol–water partition coefficient (Wildman–Crippen LogP) is 1.84. The van der Waals surface area contributed by atoms with Crippen LogP contribution in [0.3, 0.4) is 0 Å². The lowest BCUT2D eigenvalue weighted by atomic mass is 10.3. The van der Waals surface area contributed by atoms with Gasteiger partial charge in [-0.2, -0.15) is 0 Å². The fourth-order valence-electron chi connectivity index (χ4n) is 1.32. The topological polar surface area (TPSA) is 36.9 Å². The van der Waals surface area contributed by atoms with Crippen LogP contribution in [0.1, 0.15) is 6.42 Å². The van der Waals surface area contributed by atoms with Crippen molar-refractivity contribution < 1.29 is 18.9 Å². The molecule has 0 unspecified atom stereocenters. The number of rotatable bonds is 10. The van der Waals surface area contributed by atoms with E-state index in [4.69, 9.17) is 18.9 Å². The Balaban J connectivity index is 1.75. The molecule has 6 heteroatoms. The summed E-state index contributed by atoms with van der Waals surface area (Å²) >= 11 is 0. The molecule has 1 rings (SSSR count). The van der Waals surface area contributed by atoms with E-state index in [0.717, 1.165) is 12.2 Å². The first-order valence-corrected chi connectivity index (χ1v) is 8.42. The van der Waals surface area contributed by atoms with Gasteiger partial charge in [-0.1, -0.05) is 21.6 Å². The smallest absolute Gasteiger partial charge is 0.0704 e. The maximum atomic E-state index is 5.71. The largest absolute Gasteiger partial charge is 0.382 e. The van der Waals surface area contributed by atoms with Gasteiger partial charge in [0.25, 0.3) is 0 Å². The third kappa shape index (κ3) is 9.16. The normalized spacial score (nSPS) is 20.6. The van der Waals surface area contributed by atoms with Crippen molar-refractivity contribution in [1.29, 1.82) is 0 Å². The molecular formula is C11H22O4S2. The van der Waals surface area contributed by atoms with Crippen molar-refractivity contribution in [2.45, 2.75) is 12.5 Å². The third-order valence-electron chi connectivity index (χ3n) is 2.25. The summed E-state index contributed by atoms with van der Waals surface area (Å²) in [4.78, 5) is 0. The van der Waals surface area contributed by atoms with Gasteiger partial charge in [0, 0.05) is 18.6 Å². The van der Waals surface area contributed by atoms with E-state index in [2.05, 4.69) is 0 Å². The maximum Gasteiger partial charge on any atom is 0.0704 e.